The van der Waals surface area contributed by atoms with E-state index in [1.165, 1.54) is 0 Å². The molecule has 2 aromatic rings. The van der Waals surface area contributed by atoms with Crippen molar-refractivity contribution in [3.63, 3.8) is 0 Å². The van der Waals surface area contributed by atoms with Crippen LogP contribution >= 0.6 is 0 Å². The summed E-state index contributed by atoms with van der Waals surface area (Å²) >= 11 is 0. The van der Waals surface area contributed by atoms with E-state index in [4.69, 9.17) is 4.74 Å². The van der Waals surface area contributed by atoms with E-state index in [1.807, 2.05) is 4.90 Å². The summed E-state index contributed by atoms with van der Waals surface area (Å²) in [6.07, 6.45) is 7.18. The Kier molecular flexibility index (Phi) is 4.85. The van der Waals surface area contributed by atoms with Gasteiger partial charge in [0.25, 0.3) is 11.8 Å². The second kappa shape index (κ2) is 7.44. The molecule has 0 aromatic carbocycles. The molecule has 2 saturated heterocycles. The van der Waals surface area contributed by atoms with Crippen molar-refractivity contribution < 1.29 is 14.3 Å². The normalized spacial score (nSPS) is 21.2. The molecular formula is C20H22N4O3. The molecule has 1 spiro atoms. The lowest BCUT2D eigenvalue weighted by atomic mass is 9.87. The van der Waals surface area contributed by atoms with Crippen LogP contribution in [0, 0.1) is 0 Å². The average molecular weight is 366 g/mol. The number of piperidine rings is 1. The fourth-order valence-electron chi connectivity index (χ4n) is 3.83. The molecule has 0 radical (unpaired) electrons. The zero-order chi connectivity index (χ0) is 18.7. The summed E-state index contributed by atoms with van der Waals surface area (Å²) in [7, 11) is 0. The van der Waals surface area contributed by atoms with Crippen LogP contribution in [0.15, 0.2) is 48.9 Å². The minimum absolute atomic E-state index is 0.0101. The number of nitrogens with zero attached hydrogens (tertiary/aromatic N) is 3. The van der Waals surface area contributed by atoms with Crippen molar-refractivity contribution in [1.29, 1.82) is 0 Å². The number of likely N-dealkylation sites (tertiary alicyclic amines) is 1. The molecule has 0 unspecified atom stereocenters. The van der Waals surface area contributed by atoms with Crippen LogP contribution in [-0.2, 0) is 4.74 Å². The van der Waals surface area contributed by atoms with Crippen molar-refractivity contribution in [3.8, 4) is 0 Å². The Morgan fingerprint density at radius 1 is 1.15 bits per heavy atom. The topological polar surface area (TPSA) is 84.4 Å². The number of hydrogen-bond donors (Lipinski definition) is 1. The van der Waals surface area contributed by atoms with E-state index in [9.17, 15) is 9.59 Å². The highest BCUT2D eigenvalue weighted by atomic mass is 16.5. The molecule has 1 N–H and O–H groups in total. The molecule has 4 rings (SSSR count). The molecule has 2 amide bonds. The number of pyridine rings is 2. The van der Waals surface area contributed by atoms with Gasteiger partial charge < -0.3 is 15.0 Å². The highest BCUT2D eigenvalue weighted by Gasteiger charge is 2.44. The van der Waals surface area contributed by atoms with Crippen molar-refractivity contribution in [2.24, 2.45) is 0 Å². The van der Waals surface area contributed by atoms with Crippen molar-refractivity contribution >= 4 is 11.8 Å². The number of carbonyl (C=O) groups is 2. The van der Waals surface area contributed by atoms with Crippen LogP contribution in [0.5, 0.6) is 0 Å². The monoisotopic (exact) mass is 366 g/mol. The summed E-state index contributed by atoms with van der Waals surface area (Å²) < 4.78 is 6.08. The molecule has 2 aromatic heterocycles. The average Bonchev–Trinajstić information content (AvgIpc) is 3.11. The van der Waals surface area contributed by atoms with E-state index in [1.54, 1.807) is 48.9 Å². The number of carbonyl (C=O) groups excluding carboxylic acids is 2. The molecule has 4 heterocycles. The maximum atomic E-state index is 12.6. The van der Waals surface area contributed by atoms with Crippen molar-refractivity contribution in [1.82, 2.24) is 20.2 Å². The van der Waals surface area contributed by atoms with Crippen molar-refractivity contribution in [3.05, 3.63) is 60.2 Å². The third-order valence-corrected chi connectivity index (χ3v) is 5.31. The summed E-state index contributed by atoms with van der Waals surface area (Å²) in [6.45, 7) is 1.79. The Balaban J connectivity index is 1.32. The third kappa shape index (κ3) is 3.83. The van der Waals surface area contributed by atoms with Crippen LogP contribution < -0.4 is 5.32 Å². The second-order valence-electron chi connectivity index (χ2n) is 7.12. The van der Waals surface area contributed by atoms with Gasteiger partial charge in [0.15, 0.2) is 0 Å². The van der Waals surface area contributed by atoms with Crippen LogP contribution in [0.3, 0.4) is 0 Å². The molecule has 7 nitrogen and oxygen atoms in total. The van der Waals surface area contributed by atoms with Crippen LogP contribution in [0.1, 0.15) is 40.1 Å². The molecule has 2 aliphatic heterocycles. The molecule has 7 heteroatoms. The van der Waals surface area contributed by atoms with Gasteiger partial charge in [-0.15, -0.1) is 0 Å². The second-order valence-corrected chi connectivity index (χ2v) is 7.12. The fourth-order valence-corrected chi connectivity index (χ4v) is 3.83. The Morgan fingerprint density at radius 2 is 2.00 bits per heavy atom. The molecule has 27 heavy (non-hydrogen) atoms. The predicted molar refractivity (Wildman–Crippen MR) is 98.2 cm³/mol. The summed E-state index contributed by atoms with van der Waals surface area (Å²) in [5, 5.41) is 3.01. The number of hydrogen-bond acceptors (Lipinski definition) is 5. The zero-order valence-electron chi connectivity index (χ0n) is 15.0. The first-order chi connectivity index (χ1) is 13.2. The van der Waals surface area contributed by atoms with Gasteiger partial charge >= 0.3 is 0 Å². The van der Waals surface area contributed by atoms with Gasteiger partial charge in [-0.3, -0.25) is 19.6 Å². The van der Waals surface area contributed by atoms with Crippen LogP contribution in [0.4, 0.5) is 0 Å². The zero-order valence-corrected chi connectivity index (χ0v) is 15.0. The standard InChI is InChI=1S/C20H22N4O3/c25-18(17-5-1-2-9-22-17)23-16-12-20(27-14-16)6-10-24(11-7-20)19(26)15-4-3-8-21-13-15/h1-5,8-9,13,16H,6-7,10-12,14H2,(H,23,25)/t16-/m0/s1. The first-order valence-corrected chi connectivity index (χ1v) is 9.20. The van der Waals surface area contributed by atoms with E-state index in [0.717, 1.165) is 19.3 Å². The molecule has 0 bridgehead atoms. The Bertz CT molecular complexity index is 804. The summed E-state index contributed by atoms with van der Waals surface area (Å²) in [6, 6.07) is 8.81. The van der Waals surface area contributed by atoms with Gasteiger partial charge in [0.2, 0.25) is 0 Å². The third-order valence-electron chi connectivity index (χ3n) is 5.31. The van der Waals surface area contributed by atoms with Gasteiger partial charge in [0.1, 0.15) is 5.69 Å². The number of rotatable bonds is 3. The SMILES string of the molecule is O=C(N[C@@H]1COC2(CCN(C(=O)c3cccnc3)CC2)C1)c1ccccn1. The number of nitrogens with one attached hydrogen (secondary N) is 1. The van der Waals surface area contributed by atoms with Gasteiger partial charge in [-0.2, -0.15) is 0 Å². The highest BCUT2D eigenvalue weighted by Crippen LogP contribution is 2.36. The first kappa shape index (κ1) is 17.6. The van der Waals surface area contributed by atoms with E-state index in [-0.39, 0.29) is 23.5 Å². The van der Waals surface area contributed by atoms with Gasteiger partial charge in [0, 0.05) is 31.7 Å². The molecule has 1 atom stereocenters. The summed E-state index contributed by atoms with van der Waals surface area (Å²) in [5.74, 6) is -0.165. The minimum atomic E-state index is -0.256. The van der Waals surface area contributed by atoms with E-state index in [2.05, 4.69) is 15.3 Å². The largest absolute Gasteiger partial charge is 0.373 e. The maximum absolute atomic E-state index is 12.6. The summed E-state index contributed by atoms with van der Waals surface area (Å²) in [5.41, 5.74) is 0.768. The van der Waals surface area contributed by atoms with Crippen molar-refractivity contribution in [2.45, 2.75) is 30.9 Å². The highest BCUT2D eigenvalue weighted by molar-refractivity contribution is 5.94. The van der Waals surface area contributed by atoms with Crippen LogP contribution in [0.2, 0.25) is 0 Å². The van der Waals surface area contributed by atoms with Gasteiger partial charge in [-0.1, -0.05) is 6.07 Å². The van der Waals surface area contributed by atoms with E-state index >= 15 is 0 Å². The predicted octanol–water partition coefficient (Wildman–Crippen LogP) is 1.67. The van der Waals surface area contributed by atoms with Crippen LogP contribution in [-0.4, -0.2) is 58.0 Å². The number of aromatic nitrogens is 2. The van der Waals surface area contributed by atoms with Crippen molar-refractivity contribution in [2.75, 3.05) is 19.7 Å². The smallest absolute Gasteiger partial charge is 0.270 e. The molecule has 2 fully saturated rings. The van der Waals surface area contributed by atoms with Gasteiger partial charge in [-0.05, 0) is 43.5 Å². The molecule has 0 aliphatic carbocycles. The van der Waals surface area contributed by atoms with Crippen LogP contribution in [0.25, 0.3) is 0 Å². The lowest BCUT2D eigenvalue weighted by molar-refractivity contribution is -0.0389. The Labute approximate surface area is 157 Å². The quantitative estimate of drug-likeness (QED) is 0.893. The lowest BCUT2D eigenvalue weighted by Gasteiger charge is -2.38. The van der Waals surface area contributed by atoms with Gasteiger partial charge in [-0.25, -0.2) is 0 Å². The maximum Gasteiger partial charge on any atom is 0.270 e. The Hall–Kier alpha value is -2.80. The molecule has 0 saturated carbocycles. The summed E-state index contributed by atoms with van der Waals surface area (Å²) in [4.78, 5) is 34.8. The fraction of sp³-hybridized carbons (Fsp3) is 0.400. The number of ether oxygens (including phenoxy) is 1. The van der Waals surface area contributed by atoms with E-state index in [0.29, 0.717) is 31.0 Å². The molecular weight excluding hydrogens is 344 g/mol. The Morgan fingerprint density at radius 3 is 2.70 bits per heavy atom. The lowest BCUT2D eigenvalue weighted by Crippen LogP contribution is -2.47. The minimum Gasteiger partial charge on any atom is -0.373 e. The van der Waals surface area contributed by atoms with Gasteiger partial charge in [0.05, 0.1) is 23.8 Å². The molecule has 2 aliphatic rings. The number of amides is 2. The first-order valence-electron chi connectivity index (χ1n) is 9.20. The van der Waals surface area contributed by atoms with E-state index < -0.39 is 0 Å². The molecule has 140 valence electrons.